The number of benzene rings is 14. The smallest absolute Gasteiger partial charge is 0.264 e. The number of thiophene rings is 2. The highest BCUT2D eigenvalue weighted by molar-refractivity contribution is 7.33. The fourth-order valence-electron chi connectivity index (χ4n) is 23.4. The van der Waals surface area contributed by atoms with E-state index >= 15 is 0 Å². The van der Waals surface area contributed by atoms with Gasteiger partial charge >= 0.3 is 0 Å². The molecule has 18 aromatic rings. The lowest BCUT2D eigenvalue weighted by atomic mass is 9.36. The number of furan rings is 2. The van der Waals surface area contributed by atoms with Gasteiger partial charge in [-0.2, -0.15) is 0 Å². The SMILES string of the molecule is CC(C)(C)c1ccc(N(c2cc(N(c3ccc(C(C)(C)C)cc3)c3csc4ccc(C(C)(C)c5ccccc5)cc34)cc(C(C)(C)C)c2)c2ccc3oc4cc5c(cc4c3c2)C(C)(C)CCC5(C)C)cc1.CC(C)(C)c1ccc(N2c3cc4c(cc3B3c5sc6ccc(C(C)(C)c7ccccc7)cc6c5N(c5ccc(C(C)(C)C)cc5)c5cc(C(C)(C)C)cc2c53)oc2cc3c(cc24)C(C)(C)CCC3(C)C)cc1. The molecule has 14 aromatic carbocycles. The van der Waals surface area contributed by atoms with Gasteiger partial charge in [0.2, 0.25) is 0 Å². The summed E-state index contributed by atoms with van der Waals surface area (Å²) in [5, 5.41) is 9.63. The lowest BCUT2D eigenvalue weighted by Gasteiger charge is -2.44. The van der Waals surface area contributed by atoms with Gasteiger partial charge in [0.05, 0.1) is 11.4 Å². The highest BCUT2D eigenvalue weighted by atomic mass is 32.1. The average Bonchev–Trinajstić information content (AvgIpc) is 1.61. The van der Waals surface area contributed by atoms with Gasteiger partial charge in [-0.25, -0.2) is 0 Å². The van der Waals surface area contributed by atoms with E-state index in [1.165, 1.54) is 176 Å². The van der Waals surface area contributed by atoms with Crippen LogP contribution in [0.1, 0.15) is 311 Å². The summed E-state index contributed by atoms with van der Waals surface area (Å²) in [6, 6.07) is 108. The third-order valence-corrected chi connectivity index (χ3v) is 35.4. The fourth-order valence-corrected chi connectivity index (χ4v) is 25.6. The minimum Gasteiger partial charge on any atom is -0.456 e. The van der Waals surface area contributed by atoms with E-state index in [0.29, 0.717) is 0 Å². The van der Waals surface area contributed by atoms with E-state index in [4.69, 9.17) is 8.83 Å². The predicted molar refractivity (Wildman–Crippen MR) is 622 cm³/mol. The Bertz CT molecular complexity index is 8040. The first-order chi connectivity index (χ1) is 67.1. The first kappa shape index (κ1) is 97.0. The number of rotatable bonds is 12. The second-order valence-electron chi connectivity index (χ2n) is 52.1. The molecule has 0 spiro atoms. The summed E-state index contributed by atoms with van der Waals surface area (Å²) in [6.07, 6.45) is 4.65. The van der Waals surface area contributed by atoms with Crippen molar-refractivity contribution < 1.29 is 8.83 Å². The maximum absolute atomic E-state index is 7.18. The summed E-state index contributed by atoms with van der Waals surface area (Å²) in [4.78, 5) is 10.2. The molecule has 4 aliphatic rings. The molecule has 9 heteroatoms. The molecule has 0 N–H and O–H groups in total. The van der Waals surface area contributed by atoms with Crippen molar-refractivity contribution in [1.29, 1.82) is 0 Å². The Hall–Kier alpha value is -12.1. The largest absolute Gasteiger partial charge is 0.456 e. The first-order valence-corrected chi connectivity index (χ1v) is 54.0. The molecule has 728 valence electrons. The van der Waals surface area contributed by atoms with E-state index in [1.807, 2.05) is 22.7 Å². The van der Waals surface area contributed by atoms with Crippen LogP contribution in [0.3, 0.4) is 0 Å². The van der Waals surface area contributed by atoms with Gasteiger partial charge in [0.1, 0.15) is 22.3 Å². The maximum atomic E-state index is 7.18. The van der Waals surface area contributed by atoms with Crippen LogP contribution in [0.15, 0.2) is 293 Å². The van der Waals surface area contributed by atoms with Gasteiger partial charge in [-0.3, -0.25) is 0 Å². The Morgan fingerprint density at radius 1 is 0.280 bits per heavy atom. The second kappa shape index (κ2) is 33.7. The van der Waals surface area contributed by atoms with Crippen LogP contribution in [-0.2, 0) is 65.0 Å². The lowest BCUT2D eigenvalue weighted by molar-refractivity contribution is 0.332. The van der Waals surface area contributed by atoms with Crippen LogP contribution in [0, 0.1) is 0 Å². The second-order valence-corrected chi connectivity index (χ2v) is 54.1. The van der Waals surface area contributed by atoms with Gasteiger partial charge in [-0.05, 0) is 326 Å². The normalized spacial score (nSPS) is 15.7. The number of anilines is 12. The van der Waals surface area contributed by atoms with E-state index < -0.39 is 0 Å². The lowest BCUT2D eigenvalue weighted by Crippen LogP contribution is -2.60. The monoisotopic (exact) mass is 1920 g/mol. The summed E-state index contributed by atoms with van der Waals surface area (Å²) < 4.78 is 17.9. The highest BCUT2D eigenvalue weighted by Crippen LogP contribution is 2.57. The van der Waals surface area contributed by atoms with Gasteiger partial charge in [-0.15, -0.1) is 22.7 Å². The third kappa shape index (κ3) is 17.0. The van der Waals surface area contributed by atoms with E-state index in [2.05, 4.69) is 512 Å². The van der Waals surface area contributed by atoms with Crippen LogP contribution >= 0.6 is 22.7 Å². The minimum absolute atomic E-state index is 0.0152. The van der Waals surface area contributed by atoms with E-state index in [0.717, 1.165) is 75.4 Å². The molecule has 0 saturated heterocycles. The van der Waals surface area contributed by atoms with Crippen molar-refractivity contribution in [2.75, 3.05) is 19.6 Å². The van der Waals surface area contributed by atoms with Crippen molar-refractivity contribution in [1.82, 2.24) is 0 Å². The molecule has 0 radical (unpaired) electrons. The number of hydrogen-bond donors (Lipinski definition) is 0. The van der Waals surface area contributed by atoms with Gasteiger partial charge < -0.3 is 28.4 Å². The Labute approximate surface area is 860 Å². The van der Waals surface area contributed by atoms with Crippen molar-refractivity contribution in [3.05, 3.63) is 362 Å². The third-order valence-electron chi connectivity index (χ3n) is 33.3. The molecule has 2 aliphatic carbocycles. The fraction of sp³-hybridized carbons (Fsp3) is 0.343. The predicted octanol–water partition coefficient (Wildman–Crippen LogP) is 37.8. The molecule has 4 aromatic heterocycles. The van der Waals surface area contributed by atoms with Crippen LogP contribution in [0.4, 0.5) is 68.2 Å². The Morgan fingerprint density at radius 3 is 1.12 bits per heavy atom. The van der Waals surface area contributed by atoms with Crippen molar-refractivity contribution in [3.8, 4) is 0 Å². The highest BCUT2D eigenvalue weighted by Gasteiger charge is 2.49. The topological polar surface area (TPSA) is 39.2 Å². The van der Waals surface area contributed by atoms with Gasteiger partial charge in [0.15, 0.2) is 0 Å². The van der Waals surface area contributed by atoms with Crippen LogP contribution in [0.2, 0.25) is 0 Å². The summed E-state index contributed by atoms with van der Waals surface area (Å²) in [5.41, 5.74) is 39.0. The molecule has 22 rings (SSSR count). The molecule has 6 nitrogen and oxygen atoms in total. The Morgan fingerprint density at radius 2 is 0.650 bits per heavy atom. The van der Waals surface area contributed by atoms with Crippen molar-refractivity contribution in [3.63, 3.8) is 0 Å². The molecule has 6 heterocycles. The van der Waals surface area contributed by atoms with Crippen LogP contribution in [0.25, 0.3) is 64.0 Å². The van der Waals surface area contributed by atoms with Crippen molar-refractivity contribution >= 4 is 177 Å². The molecule has 0 amide bonds. The Kier molecular flexibility index (Phi) is 22.9. The maximum Gasteiger partial charge on any atom is 0.264 e. The minimum atomic E-state index is -0.209. The summed E-state index contributed by atoms with van der Waals surface area (Å²) in [7, 11) is 0. The molecule has 0 bridgehead atoms. The summed E-state index contributed by atoms with van der Waals surface area (Å²) in [6.45, 7) is 70.5. The van der Waals surface area contributed by atoms with Crippen LogP contribution in [0.5, 0.6) is 0 Å². The molecule has 0 saturated carbocycles. The summed E-state index contributed by atoms with van der Waals surface area (Å²) in [5.74, 6) is 0. The van der Waals surface area contributed by atoms with Crippen LogP contribution < -0.4 is 35.3 Å². The molecule has 2 aliphatic heterocycles. The molecule has 143 heavy (non-hydrogen) atoms. The number of fused-ring (bicyclic) bond motifs is 15. The van der Waals surface area contributed by atoms with Crippen molar-refractivity contribution in [2.24, 2.45) is 0 Å². The molecule has 0 atom stereocenters. The average molecular weight is 1920 g/mol. The van der Waals surface area contributed by atoms with E-state index in [1.54, 1.807) is 0 Å². The van der Waals surface area contributed by atoms with E-state index in [-0.39, 0.29) is 71.7 Å². The molecular weight excluding hydrogens is 1770 g/mol. The quantitative estimate of drug-likeness (QED) is 0.114. The van der Waals surface area contributed by atoms with Crippen LogP contribution in [-0.4, -0.2) is 6.71 Å². The standard InChI is InChI=1S/C67H71BN2OS.C67H74N2OS/c1-62(2,3)40-21-26-45(27-22-40)69-53-37-48-47-36-50-51(66(12,13)32-31-65(50,10)11)38-56(47)71-57(48)39-52(53)68-59-54(69)34-44(64(7,8)9)35-55(59)70(46-28-23-41(24-29-46)63(4,5)6)60-49-33-43(25-30-58(49)72-61(60)68)67(14,15)42-19-17-16-18-20-42;1-62(2,3)43-21-26-48(27-22-43)68(50-30-31-59-53(39-50)54-40-56-57(41-60(54)70-59)66(12,13)34-33-65(56,10)11)51-35-47(64(7,8)9)36-52(38-51)69(49-28-23-44(24-29-49)63(4,5)6)58-42-71-61-32-25-46(37-55(58)61)67(14,15)45-19-17-16-18-20-45/h16-30,33-39H,31-32H2,1-15H3;16-32,35-42H,33-34H2,1-15H3. The van der Waals surface area contributed by atoms with Gasteiger partial charge in [0, 0.05) is 120 Å². The molecule has 0 unspecified atom stereocenters. The van der Waals surface area contributed by atoms with Crippen molar-refractivity contribution in [2.45, 2.75) is 298 Å². The molecular formula is C134H145BN4O2S2. The number of nitrogens with zero attached hydrogens (tertiary/aromatic N) is 4. The van der Waals surface area contributed by atoms with Gasteiger partial charge in [-0.1, -0.05) is 329 Å². The number of hydrogen-bond acceptors (Lipinski definition) is 8. The first-order valence-electron chi connectivity index (χ1n) is 52.3. The van der Waals surface area contributed by atoms with E-state index in [9.17, 15) is 0 Å². The zero-order chi connectivity index (χ0) is 101. The zero-order valence-electron chi connectivity index (χ0n) is 90.5. The molecule has 0 fully saturated rings. The zero-order valence-corrected chi connectivity index (χ0v) is 92.1. The summed E-state index contributed by atoms with van der Waals surface area (Å²) >= 11 is 3.79. The Balaban J connectivity index is 0.000000169. The van der Waals surface area contributed by atoms with Gasteiger partial charge in [0.25, 0.3) is 6.71 Å².